The second-order valence-corrected chi connectivity index (χ2v) is 9.34. The van der Waals surface area contributed by atoms with Crippen LogP contribution in [0.1, 0.15) is 33.7 Å². The van der Waals surface area contributed by atoms with E-state index >= 15 is 0 Å². The number of likely N-dealkylation sites (tertiary alicyclic amines) is 1. The van der Waals surface area contributed by atoms with Gasteiger partial charge >= 0.3 is 0 Å². The minimum Gasteiger partial charge on any atom is -0.457 e. The third-order valence-electron chi connectivity index (χ3n) is 5.84. The molecule has 2 aromatic carbocycles. The third-order valence-corrected chi connectivity index (χ3v) is 6.79. The molecule has 9 heteroatoms. The zero-order valence-corrected chi connectivity index (χ0v) is 20.0. The number of benzene rings is 2. The van der Waals surface area contributed by atoms with E-state index in [1.165, 1.54) is 0 Å². The van der Waals surface area contributed by atoms with Gasteiger partial charge in [-0.1, -0.05) is 29.5 Å². The average molecular weight is 488 g/mol. The van der Waals surface area contributed by atoms with Crippen LogP contribution in [0.5, 0.6) is 11.5 Å². The molecule has 8 nitrogen and oxygen atoms in total. The fourth-order valence-corrected chi connectivity index (χ4v) is 5.08. The quantitative estimate of drug-likeness (QED) is 0.414. The number of hydrogen-bond donors (Lipinski definition) is 2. The Bertz CT molecular complexity index is 1360. The van der Waals surface area contributed by atoms with Crippen LogP contribution in [-0.4, -0.2) is 52.9 Å². The Balaban J connectivity index is 1.26. The van der Waals surface area contributed by atoms with Crippen LogP contribution in [0.15, 0.2) is 66.9 Å². The molecule has 35 heavy (non-hydrogen) atoms. The van der Waals surface area contributed by atoms with E-state index in [1.807, 2.05) is 53.4 Å². The number of piperidine rings is 1. The Morgan fingerprint density at radius 1 is 1.09 bits per heavy atom. The number of hydrogen-bond acceptors (Lipinski definition) is 7. The van der Waals surface area contributed by atoms with Crippen LogP contribution in [0.4, 0.5) is 5.13 Å². The SMILES string of the molecule is CNC(=O)c1cc(Oc2ccc3nc(NC4CCCN(C(=O)c5ccccc5)C4)sc3c2)ccn1. The van der Waals surface area contributed by atoms with Crippen LogP contribution >= 0.6 is 11.3 Å². The van der Waals surface area contributed by atoms with Gasteiger partial charge in [0.25, 0.3) is 11.8 Å². The molecule has 0 spiro atoms. The summed E-state index contributed by atoms with van der Waals surface area (Å²) in [6, 6.07) is 18.6. The number of rotatable bonds is 6. The molecule has 2 amide bonds. The normalized spacial score (nSPS) is 15.6. The average Bonchev–Trinajstić information content (AvgIpc) is 3.30. The summed E-state index contributed by atoms with van der Waals surface area (Å²) in [6.07, 6.45) is 3.48. The molecule has 1 aliphatic heterocycles. The lowest BCUT2D eigenvalue weighted by atomic mass is 10.0. The maximum atomic E-state index is 12.8. The third kappa shape index (κ3) is 5.25. The lowest BCUT2D eigenvalue weighted by Crippen LogP contribution is -2.45. The first-order chi connectivity index (χ1) is 17.1. The van der Waals surface area contributed by atoms with Gasteiger partial charge in [-0.2, -0.15) is 0 Å². The van der Waals surface area contributed by atoms with Crippen molar-refractivity contribution in [3.8, 4) is 11.5 Å². The Morgan fingerprint density at radius 2 is 1.91 bits per heavy atom. The number of amides is 2. The monoisotopic (exact) mass is 487 g/mol. The molecule has 0 saturated carbocycles. The van der Waals surface area contributed by atoms with Gasteiger partial charge in [-0.15, -0.1) is 0 Å². The first-order valence-corrected chi connectivity index (χ1v) is 12.3. The predicted octanol–water partition coefficient (Wildman–Crippen LogP) is 4.56. The topological polar surface area (TPSA) is 96.5 Å². The van der Waals surface area contributed by atoms with Crippen molar-refractivity contribution in [2.24, 2.45) is 0 Å². The standard InChI is InChI=1S/C26H25N5O3S/c1-27-24(32)22-14-20(11-12-28-22)34-19-9-10-21-23(15-19)35-26(30-21)29-18-8-5-13-31(16-18)25(33)17-6-3-2-4-7-17/h2-4,6-7,9-12,14-15,18H,5,8,13,16H2,1H3,(H,27,32)(H,29,30). The van der Waals surface area contributed by atoms with Crippen molar-refractivity contribution in [3.63, 3.8) is 0 Å². The van der Waals surface area contributed by atoms with Gasteiger partial charge in [-0.05, 0) is 43.2 Å². The number of nitrogens with zero attached hydrogens (tertiary/aromatic N) is 3. The number of carbonyl (C=O) groups is 2. The zero-order valence-electron chi connectivity index (χ0n) is 19.2. The van der Waals surface area contributed by atoms with Gasteiger partial charge in [0.1, 0.15) is 17.2 Å². The molecule has 1 aliphatic rings. The highest BCUT2D eigenvalue weighted by atomic mass is 32.1. The second kappa shape index (κ2) is 10.1. The molecular weight excluding hydrogens is 462 g/mol. The Hall–Kier alpha value is -3.98. The number of anilines is 1. The highest BCUT2D eigenvalue weighted by molar-refractivity contribution is 7.22. The van der Waals surface area contributed by atoms with E-state index in [9.17, 15) is 9.59 Å². The van der Waals surface area contributed by atoms with E-state index in [0.717, 1.165) is 40.3 Å². The van der Waals surface area contributed by atoms with Crippen molar-refractivity contribution in [1.29, 1.82) is 0 Å². The summed E-state index contributed by atoms with van der Waals surface area (Å²) < 4.78 is 6.94. The molecule has 3 heterocycles. The summed E-state index contributed by atoms with van der Waals surface area (Å²) in [5, 5.41) is 6.90. The molecular formula is C26H25N5O3S. The molecule has 0 bridgehead atoms. The molecule has 5 rings (SSSR count). The molecule has 2 aromatic heterocycles. The van der Waals surface area contributed by atoms with E-state index < -0.39 is 0 Å². The summed E-state index contributed by atoms with van der Waals surface area (Å²) in [5.41, 5.74) is 1.89. The molecule has 1 unspecified atom stereocenters. The van der Waals surface area contributed by atoms with Gasteiger partial charge in [0.15, 0.2) is 5.13 Å². The van der Waals surface area contributed by atoms with E-state index in [4.69, 9.17) is 9.72 Å². The maximum Gasteiger partial charge on any atom is 0.269 e. The summed E-state index contributed by atoms with van der Waals surface area (Å²) >= 11 is 1.55. The van der Waals surface area contributed by atoms with E-state index in [0.29, 0.717) is 23.7 Å². The van der Waals surface area contributed by atoms with E-state index in [-0.39, 0.29) is 17.9 Å². The first kappa shape index (κ1) is 22.8. The fourth-order valence-electron chi connectivity index (χ4n) is 4.11. The Labute approximate surface area is 207 Å². The fraction of sp³-hybridized carbons (Fsp3) is 0.231. The van der Waals surface area contributed by atoms with Gasteiger partial charge in [-0.25, -0.2) is 4.98 Å². The molecule has 2 N–H and O–H groups in total. The number of ether oxygens (including phenoxy) is 1. The lowest BCUT2D eigenvalue weighted by Gasteiger charge is -2.33. The van der Waals surface area contributed by atoms with Crippen LogP contribution in [0.2, 0.25) is 0 Å². The molecule has 1 saturated heterocycles. The van der Waals surface area contributed by atoms with E-state index in [2.05, 4.69) is 15.6 Å². The first-order valence-electron chi connectivity index (χ1n) is 11.5. The minimum absolute atomic E-state index is 0.0684. The largest absolute Gasteiger partial charge is 0.457 e. The van der Waals surface area contributed by atoms with Gasteiger partial charge in [-0.3, -0.25) is 14.6 Å². The van der Waals surface area contributed by atoms with Crippen molar-refractivity contribution < 1.29 is 14.3 Å². The molecule has 0 radical (unpaired) electrons. The Morgan fingerprint density at radius 3 is 2.74 bits per heavy atom. The smallest absolute Gasteiger partial charge is 0.269 e. The number of aromatic nitrogens is 2. The minimum atomic E-state index is -0.268. The summed E-state index contributed by atoms with van der Waals surface area (Å²) in [5.74, 6) is 0.986. The van der Waals surface area contributed by atoms with Crippen LogP contribution in [0.25, 0.3) is 10.2 Å². The zero-order chi connectivity index (χ0) is 24.2. The number of thiazole rings is 1. The van der Waals surface area contributed by atoms with Crippen LogP contribution in [0, 0.1) is 0 Å². The Kier molecular flexibility index (Phi) is 6.58. The van der Waals surface area contributed by atoms with Crippen molar-refractivity contribution in [2.75, 3.05) is 25.5 Å². The predicted molar refractivity (Wildman–Crippen MR) is 136 cm³/mol. The highest BCUT2D eigenvalue weighted by Crippen LogP contribution is 2.32. The molecule has 4 aromatic rings. The van der Waals surface area contributed by atoms with Gasteiger partial charge < -0.3 is 20.3 Å². The van der Waals surface area contributed by atoms with Crippen molar-refractivity contribution in [2.45, 2.75) is 18.9 Å². The number of nitrogens with one attached hydrogen (secondary N) is 2. The van der Waals surface area contributed by atoms with Gasteiger partial charge in [0, 0.05) is 50.1 Å². The van der Waals surface area contributed by atoms with Crippen LogP contribution < -0.4 is 15.4 Å². The van der Waals surface area contributed by atoms with Crippen molar-refractivity contribution >= 4 is 38.5 Å². The van der Waals surface area contributed by atoms with E-state index in [1.54, 1.807) is 36.7 Å². The molecule has 1 atom stereocenters. The van der Waals surface area contributed by atoms with Crippen LogP contribution in [-0.2, 0) is 0 Å². The second-order valence-electron chi connectivity index (χ2n) is 8.31. The van der Waals surface area contributed by atoms with Crippen molar-refractivity contribution in [3.05, 3.63) is 78.1 Å². The maximum absolute atomic E-state index is 12.8. The van der Waals surface area contributed by atoms with Gasteiger partial charge in [0.05, 0.1) is 10.2 Å². The summed E-state index contributed by atoms with van der Waals surface area (Å²) in [4.78, 5) is 35.4. The molecule has 0 aliphatic carbocycles. The molecule has 178 valence electrons. The summed E-state index contributed by atoms with van der Waals surface area (Å²) in [7, 11) is 1.56. The number of carbonyl (C=O) groups excluding carboxylic acids is 2. The number of pyridine rings is 1. The van der Waals surface area contributed by atoms with Crippen molar-refractivity contribution in [1.82, 2.24) is 20.2 Å². The molecule has 1 fully saturated rings. The lowest BCUT2D eigenvalue weighted by molar-refractivity contribution is 0.0714. The number of fused-ring (bicyclic) bond motifs is 1. The van der Waals surface area contributed by atoms with Gasteiger partial charge in [0.2, 0.25) is 0 Å². The summed E-state index contributed by atoms with van der Waals surface area (Å²) in [6.45, 7) is 1.41. The highest BCUT2D eigenvalue weighted by Gasteiger charge is 2.25. The van der Waals surface area contributed by atoms with Crippen LogP contribution in [0.3, 0.4) is 0 Å².